The maximum Gasteiger partial charge on any atom is 0.164 e. The van der Waals surface area contributed by atoms with Gasteiger partial charge in [-0.1, -0.05) is 12.2 Å². The van der Waals surface area contributed by atoms with Crippen LogP contribution in [-0.4, -0.2) is 68.9 Å². The van der Waals surface area contributed by atoms with Gasteiger partial charge in [0, 0.05) is 6.20 Å². The number of nitrogens with one attached hydrogen (secondary N) is 1. The van der Waals surface area contributed by atoms with Crippen LogP contribution in [0.15, 0.2) is 12.3 Å². The third-order valence-corrected chi connectivity index (χ3v) is 6.12. The number of aromatic nitrogens is 3. The molecule has 6 nitrogen and oxygen atoms in total. The second-order valence-corrected chi connectivity index (χ2v) is 11.8. The number of H-pyrrole nitrogens is 1. The van der Waals surface area contributed by atoms with E-state index in [-0.39, 0.29) is 0 Å². The fourth-order valence-corrected chi connectivity index (χ4v) is 4.29. The molecule has 3 rings (SSSR count). The fourth-order valence-electron chi connectivity index (χ4n) is 3.03. The number of hydrogen-bond acceptors (Lipinski definition) is 5. The van der Waals surface area contributed by atoms with Gasteiger partial charge < -0.3 is 24.5 Å². The number of rotatable bonds is 4. The summed E-state index contributed by atoms with van der Waals surface area (Å²) in [6.45, 7) is 4.92. The molecular weight excluding hydrogens is 345 g/mol. The molecule has 0 spiro atoms. The van der Waals surface area contributed by atoms with Gasteiger partial charge in [0.1, 0.15) is 28.3 Å². The van der Waals surface area contributed by atoms with E-state index >= 15 is 0 Å². The average molecular weight is 369 g/mol. The highest BCUT2D eigenvalue weighted by Crippen LogP contribution is 2.40. The van der Waals surface area contributed by atoms with Crippen LogP contribution in [0.2, 0.25) is 0 Å². The topological polar surface area (TPSA) is 83.3 Å². The zero-order valence-electron chi connectivity index (χ0n) is 14.1. The molecule has 1 aliphatic rings. The van der Waals surface area contributed by atoms with E-state index in [1.807, 2.05) is 13.0 Å². The molecule has 2 aromatic heterocycles. The van der Waals surface area contributed by atoms with Crippen LogP contribution in [0.4, 0.5) is 0 Å². The van der Waals surface area contributed by atoms with Crippen molar-refractivity contribution in [3.63, 3.8) is 0 Å². The third-order valence-electron chi connectivity index (χ3n) is 4.33. The highest BCUT2D eigenvalue weighted by Gasteiger charge is 2.43. The molecule has 2 unspecified atom stereocenters. The first-order valence-corrected chi connectivity index (χ1v) is 11.4. The van der Waals surface area contributed by atoms with Gasteiger partial charge in [0.15, 0.2) is 6.23 Å². The second kappa shape index (κ2) is 6.39. The Labute approximate surface area is 146 Å². The van der Waals surface area contributed by atoms with Gasteiger partial charge in [-0.2, -0.15) is 0 Å². The van der Waals surface area contributed by atoms with Gasteiger partial charge >= 0.3 is 0 Å². The molecular formula is C16H24N3O3PS. The van der Waals surface area contributed by atoms with E-state index in [2.05, 4.69) is 29.6 Å². The summed E-state index contributed by atoms with van der Waals surface area (Å²) in [6, 6.07) is 1.85. The molecule has 24 heavy (non-hydrogen) atoms. The lowest BCUT2D eigenvalue weighted by atomic mass is 10.1. The van der Waals surface area contributed by atoms with Crippen molar-refractivity contribution in [1.82, 2.24) is 14.5 Å². The Morgan fingerprint density at radius 3 is 2.79 bits per heavy atom. The first-order valence-electron chi connectivity index (χ1n) is 7.94. The van der Waals surface area contributed by atoms with E-state index in [1.54, 1.807) is 10.8 Å². The fraction of sp³-hybridized carbons (Fsp3) is 0.562. The quantitative estimate of drug-likeness (QED) is 0.568. The van der Waals surface area contributed by atoms with E-state index < -0.39 is 31.4 Å². The summed E-state index contributed by atoms with van der Waals surface area (Å²) in [4.78, 5) is 7.49. The molecule has 0 aliphatic carbocycles. The number of aryl methyl sites for hydroxylation is 1. The Balaban J connectivity index is 1.90. The molecule has 132 valence electrons. The Hall–Kier alpha value is -0.980. The minimum absolute atomic E-state index is 0.400. The summed E-state index contributed by atoms with van der Waals surface area (Å²) in [5.41, 5.74) is 0.651. The van der Waals surface area contributed by atoms with Crippen LogP contribution in [0, 0.1) is 11.6 Å². The first kappa shape index (κ1) is 17.8. The lowest BCUT2D eigenvalue weighted by molar-refractivity contribution is -0.0350. The van der Waals surface area contributed by atoms with E-state index in [9.17, 15) is 10.2 Å². The van der Waals surface area contributed by atoms with E-state index in [1.165, 1.54) is 0 Å². The van der Waals surface area contributed by atoms with E-state index in [0.717, 1.165) is 11.5 Å². The maximum absolute atomic E-state index is 10.5. The molecule has 1 fully saturated rings. The highest BCUT2D eigenvalue weighted by atomic mass is 32.1. The number of ether oxygens (including phenoxy) is 1. The second-order valence-electron chi connectivity index (χ2n) is 7.11. The van der Waals surface area contributed by atoms with E-state index in [4.69, 9.17) is 17.0 Å². The maximum atomic E-state index is 10.5. The molecule has 0 bridgehead atoms. The minimum atomic E-state index is -1.21. The van der Waals surface area contributed by atoms with Gasteiger partial charge in [0.05, 0.1) is 11.5 Å². The number of nitrogens with zero attached hydrogens (tertiary/aromatic N) is 2. The predicted molar refractivity (Wildman–Crippen MR) is 101 cm³/mol. The molecule has 0 saturated carbocycles. The first-order chi connectivity index (χ1) is 11.2. The van der Waals surface area contributed by atoms with Crippen molar-refractivity contribution >= 4 is 36.4 Å². The van der Waals surface area contributed by atoms with Crippen LogP contribution in [0.3, 0.4) is 0 Å². The van der Waals surface area contributed by atoms with Gasteiger partial charge in [0.2, 0.25) is 0 Å². The normalized spacial score (nSPS) is 27.9. The number of fused-ring (bicyclic) bond motifs is 1. The highest BCUT2D eigenvalue weighted by molar-refractivity contribution is 7.72. The minimum Gasteiger partial charge on any atom is -0.388 e. The predicted octanol–water partition coefficient (Wildman–Crippen LogP) is 2.12. The molecule has 1 saturated heterocycles. The summed E-state index contributed by atoms with van der Waals surface area (Å²) in [5, 5.41) is 21.6. The van der Waals surface area contributed by atoms with Crippen LogP contribution in [0.1, 0.15) is 18.5 Å². The van der Waals surface area contributed by atoms with E-state index in [0.29, 0.717) is 22.5 Å². The van der Waals surface area contributed by atoms with Crippen molar-refractivity contribution in [2.75, 3.05) is 19.5 Å². The Morgan fingerprint density at radius 1 is 1.42 bits per heavy atom. The Bertz CT molecular complexity index is 856. The summed E-state index contributed by atoms with van der Waals surface area (Å²) < 4.78 is 8.34. The Morgan fingerprint density at radius 2 is 2.12 bits per heavy atom. The van der Waals surface area contributed by atoms with Gasteiger partial charge in [-0.3, -0.25) is 0 Å². The van der Waals surface area contributed by atoms with Crippen LogP contribution in [-0.2, 0) is 4.74 Å². The zero-order chi connectivity index (χ0) is 17.6. The molecule has 3 N–H and O–H groups in total. The van der Waals surface area contributed by atoms with Crippen molar-refractivity contribution in [2.24, 2.45) is 0 Å². The van der Waals surface area contributed by atoms with Crippen LogP contribution >= 0.6 is 19.1 Å². The van der Waals surface area contributed by atoms with Gasteiger partial charge in [-0.05, 0) is 38.9 Å². The largest absolute Gasteiger partial charge is 0.388 e. The molecule has 0 amide bonds. The van der Waals surface area contributed by atoms with Gasteiger partial charge in [-0.25, -0.2) is 4.98 Å². The molecule has 3 heterocycles. The molecule has 2 aromatic rings. The van der Waals surface area contributed by atoms with Crippen LogP contribution in [0.25, 0.3) is 11.0 Å². The smallest absolute Gasteiger partial charge is 0.164 e. The zero-order valence-corrected chi connectivity index (χ0v) is 15.8. The number of hydrogen-bond donors (Lipinski definition) is 3. The van der Waals surface area contributed by atoms with Crippen LogP contribution in [0.5, 0.6) is 0 Å². The van der Waals surface area contributed by atoms with Crippen molar-refractivity contribution < 1.29 is 14.9 Å². The Kier molecular flexibility index (Phi) is 4.75. The summed E-state index contributed by atoms with van der Waals surface area (Å²) in [6.07, 6.45) is 4.58. The number of aromatic amines is 1. The molecule has 0 radical (unpaired) electrons. The van der Waals surface area contributed by atoms with Crippen molar-refractivity contribution in [3.8, 4) is 0 Å². The summed E-state index contributed by atoms with van der Waals surface area (Å²) in [7, 11) is 0. The number of aliphatic hydroxyl groups excluding tert-OH is 2. The average Bonchev–Trinajstić information content (AvgIpc) is 3.00. The van der Waals surface area contributed by atoms with Gasteiger partial charge in [0.25, 0.3) is 0 Å². The summed E-state index contributed by atoms with van der Waals surface area (Å²) >= 11 is 5.32. The van der Waals surface area contributed by atoms with Crippen LogP contribution < -0.4 is 0 Å². The van der Waals surface area contributed by atoms with Crippen molar-refractivity contribution in [1.29, 1.82) is 0 Å². The summed E-state index contributed by atoms with van der Waals surface area (Å²) in [5.74, 6) is 0.695. The lowest BCUT2D eigenvalue weighted by Gasteiger charge is -2.19. The van der Waals surface area contributed by atoms with Crippen molar-refractivity contribution in [2.45, 2.75) is 37.9 Å². The standard InChI is InChI=1S/C16H24N3O3PS/c1-9-17-14-10(15(24)18-9)5-7-19(14)16-13(21)12(20)11(22-16)6-8-23(2,3)4/h5,7,11-13,16,20-21H,2,6,8H2,1,3-4H3,(H,17,18,24)/t11?,12-,13-,16?/m1/s1. The lowest BCUT2D eigenvalue weighted by Crippen LogP contribution is -2.31. The molecule has 4 atom stereocenters. The monoisotopic (exact) mass is 369 g/mol. The number of aliphatic hydroxyl groups is 2. The molecule has 1 aliphatic heterocycles. The third kappa shape index (κ3) is 3.37. The van der Waals surface area contributed by atoms with Gasteiger partial charge in [-0.15, -0.1) is 13.2 Å². The molecule has 0 aromatic carbocycles. The molecule has 8 heteroatoms. The SMILES string of the molecule is C=P(C)(C)CCC1OC(n2ccc3c(=S)[nH]c(C)nc32)[C@H](O)[C@@H]1O. The van der Waals surface area contributed by atoms with Crippen molar-refractivity contribution in [3.05, 3.63) is 22.7 Å².